The van der Waals surface area contributed by atoms with Crippen LogP contribution < -0.4 is 15.0 Å². The average Bonchev–Trinajstić information content (AvgIpc) is 2.76. The number of nitrogens with one attached hydrogen (secondary N) is 1. The maximum atomic E-state index is 13.2. The largest absolute Gasteiger partial charge is 0.477 e. The first-order chi connectivity index (χ1) is 13.8. The summed E-state index contributed by atoms with van der Waals surface area (Å²) >= 11 is 0. The molecule has 10 heteroatoms. The molecule has 1 atom stereocenters. The molecule has 1 heterocycles. The molecule has 0 fully saturated rings. The fourth-order valence-electron chi connectivity index (χ4n) is 2.96. The predicted octanol–water partition coefficient (Wildman–Crippen LogP) is 1.54. The lowest BCUT2D eigenvalue weighted by molar-refractivity contribution is -0.384. The second-order valence-electron chi connectivity index (χ2n) is 6.12. The topological polar surface area (TPSA) is 128 Å². The van der Waals surface area contributed by atoms with E-state index in [1.54, 1.807) is 24.3 Å². The molecule has 0 aromatic heterocycles. The number of nitro groups is 1. The number of hydrogen-bond donors (Lipinski definition) is 1. The van der Waals surface area contributed by atoms with Crippen LogP contribution in [0, 0.1) is 10.1 Å². The number of benzene rings is 2. The molecular formula is C19H17N3O7. The van der Waals surface area contributed by atoms with Gasteiger partial charge in [0.15, 0.2) is 6.10 Å². The van der Waals surface area contributed by atoms with Gasteiger partial charge in [-0.15, -0.1) is 0 Å². The lowest BCUT2D eigenvalue weighted by Gasteiger charge is -2.34. The number of amides is 2. The number of nitrogens with zero attached hydrogens (tertiary/aromatic N) is 2. The maximum Gasteiger partial charge on any atom is 0.338 e. The van der Waals surface area contributed by atoms with Crippen LogP contribution in [0.15, 0.2) is 42.5 Å². The Bertz CT molecular complexity index is 1010. The lowest BCUT2D eigenvalue weighted by atomic mass is 10.1. The van der Waals surface area contributed by atoms with E-state index in [1.807, 2.05) is 0 Å². The van der Waals surface area contributed by atoms with Gasteiger partial charge in [0, 0.05) is 24.7 Å². The monoisotopic (exact) mass is 399 g/mol. The number of carbonyl (C=O) groups excluding carboxylic acids is 3. The van der Waals surface area contributed by atoms with E-state index in [0.29, 0.717) is 11.4 Å². The summed E-state index contributed by atoms with van der Waals surface area (Å²) in [5.41, 5.74) is -0.245. The number of methoxy groups -OCH3 is 1. The van der Waals surface area contributed by atoms with E-state index >= 15 is 0 Å². The first kappa shape index (κ1) is 19.8. The van der Waals surface area contributed by atoms with Gasteiger partial charge in [0.25, 0.3) is 17.5 Å². The zero-order chi connectivity index (χ0) is 21.1. The molecule has 0 bridgehead atoms. The molecule has 0 radical (unpaired) electrons. The molecule has 150 valence electrons. The van der Waals surface area contributed by atoms with Gasteiger partial charge >= 0.3 is 5.97 Å². The summed E-state index contributed by atoms with van der Waals surface area (Å²) < 4.78 is 10.3. The molecule has 0 saturated carbocycles. The molecule has 1 aliphatic rings. The van der Waals surface area contributed by atoms with Gasteiger partial charge in [0.2, 0.25) is 0 Å². The van der Waals surface area contributed by atoms with Crippen molar-refractivity contribution in [3.05, 3.63) is 63.7 Å². The van der Waals surface area contributed by atoms with Crippen LogP contribution in [0.25, 0.3) is 0 Å². The smallest absolute Gasteiger partial charge is 0.338 e. The lowest BCUT2D eigenvalue weighted by Crippen LogP contribution is -2.50. The van der Waals surface area contributed by atoms with Gasteiger partial charge in [0.05, 0.1) is 29.8 Å². The number of carbonyl (C=O) groups is 3. The van der Waals surface area contributed by atoms with Crippen LogP contribution in [0.3, 0.4) is 0 Å². The third kappa shape index (κ3) is 3.86. The molecular weight excluding hydrogens is 382 g/mol. The highest BCUT2D eigenvalue weighted by Gasteiger charge is 2.34. The molecule has 29 heavy (non-hydrogen) atoms. The fraction of sp³-hybridized carbons (Fsp3) is 0.211. The van der Waals surface area contributed by atoms with Crippen LogP contribution in [-0.4, -0.2) is 49.5 Å². The Morgan fingerprint density at radius 3 is 2.55 bits per heavy atom. The van der Waals surface area contributed by atoms with E-state index in [2.05, 4.69) is 10.1 Å². The number of hydrogen-bond acceptors (Lipinski definition) is 7. The number of fused-ring (bicyclic) bond motifs is 1. The second kappa shape index (κ2) is 7.97. The summed E-state index contributed by atoms with van der Waals surface area (Å²) in [7, 11) is 2.58. The number of para-hydroxylation sites is 2. The second-order valence-corrected chi connectivity index (χ2v) is 6.12. The standard InChI is InChI=1S/C19H17N3O7/c1-20-17(23)16-10-21(14-5-3-4-6-15(14)29-16)18(24)11-7-12(19(25)28-2)9-13(8-11)22(26)27/h3-9,16H,10H2,1-2H3,(H,20,23)/t16-/m0/s1. The van der Waals surface area contributed by atoms with Gasteiger partial charge in [-0.05, 0) is 18.2 Å². The van der Waals surface area contributed by atoms with E-state index in [1.165, 1.54) is 18.0 Å². The van der Waals surface area contributed by atoms with Gasteiger partial charge in [-0.1, -0.05) is 12.1 Å². The Morgan fingerprint density at radius 1 is 1.21 bits per heavy atom. The number of esters is 1. The van der Waals surface area contributed by atoms with Crippen molar-refractivity contribution in [3.8, 4) is 5.75 Å². The highest BCUT2D eigenvalue weighted by molar-refractivity contribution is 6.09. The molecule has 1 N–H and O–H groups in total. The van der Waals surface area contributed by atoms with E-state index in [9.17, 15) is 24.5 Å². The molecule has 0 saturated heterocycles. The first-order valence-corrected chi connectivity index (χ1v) is 8.52. The van der Waals surface area contributed by atoms with Crippen molar-refractivity contribution in [2.45, 2.75) is 6.10 Å². The van der Waals surface area contributed by atoms with Crippen molar-refractivity contribution in [1.82, 2.24) is 5.32 Å². The maximum absolute atomic E-state index is 13.2. The summed E-state index contributed by atoms with van der Waals surface area (Å²) in [6.07, 6.45) is -0.961. The summed E-state index contributed by atoms with van der Waals surface area (Å²) in [5, 5.41) is 13.7. The number of rotatable bonds is 4. The normalized spacial score (nSPS) is 15.0. The molecule has 0 spiro atoms. The Hall–Kier alpha value is -3.95. The Morgan fingerprint density at radius 2 is 1.90 bits per heavy atom. The van der Waals surface area contributed by atoms with Gasteiger partial charge in [0.1, 0.15) is 5.75 Å². The Balaban J connectivity index is 2.07. The minimum Gasteiger partial charge on any atom is -0.477 e. The summed E-state index contributed by atoms with van der Waals surface area (Å²) in [6, 6.07) is 9.94. The third-order valence-corrected chi connectivity index (χ3v) is 4.35. The molecule has 2 aromatic rings. The molecule has 1 aliphatic heterocycles. The van der Waals surface area contributed by atoms with E-state index in [4.69, 9.17) is 4.74 Å². The minimum atomic E-state index is -0.961. The van der Waals surface area contributed by atoms with Crippen LogP contribution in [-0.2, 0) is 9.53 Å². The number of ether oxygens (including phenoxy) is 2. The van der Waals surface area contributed by atoms with Crippen LogP contribution >= 0.6 is 0 Å². The average molecular weight is 399 g/mol. The van der Waals surface area contributed by atoms with Crippen LogP contribution in [0.5, 0.6) is 5.75 Å². The highest BCUT2D eigenvalue weighted by Crippen LogP contribution is 2.34. The number of non-ortho nitro benzene ring substituents is 1. The number of likely N-dealkylation sites (N-methyl/N-ethyl adjacent to an activating group) is 1. The Kier molecular flexibility index (Phi) is 5.44. The van der Waals surface area contributed by atoms with E-state index in [0.717, 1.165) is 19.2 Å². The molecule has 10 nitrogen and oxygen atoms in total. The molecule has 0 aliphatic carbocycles. The molecule has 2 amide bonds. The van der Waals surface area contributed by atoms with E-state index < -0.39 is 34.5 Å². The van der Waals surface area contributed by atoms with Crippen LogP contribution in [0.2, 0.25) is 0 Å². The summed E-state index contributed by atoms with van der Waals surface area (Å²) in [4.78, 5) is 49.0. The van der Waals surface area contributed by atoms with E-state index in [-0.39, 0.29) is 17.7 Å². The minimum absolute atomic E-state index is 0.0908. The van der Waals surface area contributed by atoms with Crippen molar-refractivity contribution in [2.75, 3.05) is 25.6 Å². The zero-order valence-corrected chi connectivity index (χ0v) is 15.6. The quantitative estimate of drug-likeness (QED) is 0.469. The Labute approximate surface area is 165 Å². The van der Waals surface area contributed by atoms with Gasteiger partial charge in [-0.25, -0.2) is 4.79 Å². The fourth-order valence-corrected chi connectivity index (χ4v) is 2.96. The van der Waals surface area contributed by atoms with Gasteiger partial charge < -0.3 is 19.7 Å². The molecule has 0 unspecified atom stereocenters. The van der Waals surface area contributed by atoms with Crippen LogP contribution in [0.1, 0.15) is 20.7 Å². The SMILES string of the molecule is CNC(=O)[C@@H]1CN(C(=O)c2cc(C(=O)OC)cc([N+](=O)[O-])c2)c2ccccc2O1. The van der Waals surface area contributed by atoms with Crippen LogP contribution in [0.4, 0.5) is 11.4 Å². The zero-order valence-electron chi connectivity index (χ0n) is 15.6. The number of anilines is 1. The summed E-state index contributed by atoms with van der Waals surface area (Å²) in [6.45, 7) is -0.105. The van der Waals surface area contributed by atoms with Gasteiger partial charge in [-0.2, -0.15) is 0 Å². The number of nitro benzene ring substituents is 1. The van der Waals surface area contributed by atoms with Crippen molar-refractivity contribution >= 4 is 29.2 Å². The highest BCUT2D eigenvalue weighted by atomic mass is 16.6. The van der Waals surface area contributed by atoms with Crippen molar-refractivity contribution in [2.24, 2.45) is 0 Å². The third-order valence-electron chi connectivity index (χ3n) is 4.35. The molecule has 3 rings (SSSR count). The molecule has 2 aromatic carbocycles. The first-order valence-electron chi connectivity index (χ1n) is 8.52. The predicted molar refractivity (Wildman–Crippen MR) is 101 cm³/mol. The van der Waals surface area contributed by atoms with Crippen molar-refractivity contribution in [1.29, 1.82) is 0 Å². The van der Waals surface area contributed by atoms with Gasteiger partial charge in [-0.3, -0.25) is 19.7 Å². The van der Waals surface area contributed by atoms with Crippen molar-refractivity contribution in [3.63, 3.8) is 0 Å². The summed E-state index contributed by atoms with van der Waals surface area (Å²) in [5.74, 6) is -1.54. The van der Waals surface area contributed by atoms with Crippen molar-refractivity contribution < 1.29 is 28.8 Å².